The molecule has 18 heavy (non-hydrogen) atoms. The van der Waals surface area contributed by atoms with E-state index in [1.54, 1.807) is 0 Å². The number of nitrogens with zero attached hydrogens (tertiary/aromatic N) is 1. The summed E-state index contributed by atoms with van der Waals surface area (Å²) in [4.78, 5) is 2.28. The summed E-state index contributed by atoms with van der Waals surface area (Å²) >= 11 is 0. The number of fused-ring (bicyclic) bond motifs is 1. The molecule has 1 N–H and O–H groups in total. The van der Waals surface area contributed by atoms with E-state index in [0.717, 1.165) is 38.2 Å². The number of aryl methyl sites for hydroxylation is 1. The molecule has 0 saturated heterocycles. The first-order valence-corrected chi connectivity index (χ1v) is 6.82. The van der Waals surface area contributed by atoms with Crippen LogP contribution in [0.15, 0.2) is 18.2 Å². The number of rotatable bonds is 6. The minimum Gasteiger partial charge on any atom is -0.488 e. The van der Waals surface area contributed by atoms with Crippen molar-refractivity contribution in [1.82, 2.24) is 4.90 Å². The van der Waals surface area contributed by atoms with E-state index in [4.69, 9.17) is 9.84 Å². The van der Waals surface area contributed by atoms with Gasteiger partial charge in [-0.05, 0) is 31.5 Å². The fourth-order valence-corrected chi connectivity index (χ4v) is 2.59. The molecule has 0 aliphatic carbocycles. The van der Waals surface area contributed by atoms with Crippen LogP contribution in [0.25, 0.3) is 0 Å². The van der Waals surface area contributed by atoms with Crippen molar-refractivity contribution in [3.8, 4) is 5.75 Å². The highest BCUT2D eigenvalue weighted by molar-refractivity contribution is 5.40. The highest BCUT2D eigenvalue weighted by atomic mass is 16.5. The molecule has 1 aromatic rings. The van der Waals surface area contributed by atoms with E-state index in [9.17, 15) is 0 Å². The second-order valence-electron chi connectivity index (χ2n) is 5.08. The SMILES string of the molecule is CCCN(CCO)CC1Cc2cc(C)ccc2O1. The van der Waals surface area contributed by atoms with E-state index in [2.05, 4.69) is 36.9 Å². The van der Waals surface area contributed by atoms with Crippen molar-refractivity contribution in [3.05, 3.63) is 29.3 Å². The molecular formula is C15H23NO2. The molecule has 1 aromatic carbocycles. The molecule has 3 heteroatoms. The van der Waals surface area contributed by atoms with Gasteiger partial charge in [-0.25, -0.2) is 0 Å². The van der Waals surface area contributed by atoms with Crippen LogP contribution >= 0.6 is 0 Å². The fourth-order valence-electron chi connectivity index (χ4n) is 2.59. The van der Waals surface area contributed by atoms with Crippen LogP contribution in [0.4, 0.5) is 0 Å². The summed E-state index contributed by atoms with van der Waals surface area (Å²) in [5, 5.41) is 9.06. The molecule has 0 aromatic heterocycles. The quantitative estimate of drug-likeness (QED) is 0.837. The summed E-state index contributed by atoms with van der Waals surface area (Å²) < 4.78 is 5.96. The normalized spacial score (nSPS) is 17.9. The minimum atomic E-state index is 0.221. The number of ether oxygens (including phenoxy) is 1. The molecule has 0 saturated carbocycles. The zero-order valence-corrected chi connectivity index (χ0v) is 11.4. The first-order valence-electron chi connectivity index (χ1n) is 6.82. The van der Waals surface area contributed by atoms with Gasteiger partial charge in [-0.2, -0.15) is 0 Å². The smallest absolute Gasteiger partial charge is 0.123 e. The number of hydrogen-bond donors (Lipinski definition) is 1. The maximum atomic E-state index is 9.06. The number of benzene rings is 1. The van der Waals surface area contributed by atoms with Crippen molar-refractivity contribution in [1.29, 1.82) is 0 Å². The van der Waals surface area contributed by atoms with Crippen LogP contribution in [-0.2, 0) is 6.42 Å². The second-order valence-corrected chi connectivity index (χ2v) is 5.08. The molecule has 0 amide bonds. The molecule has 1 aliphatic rings. The van der Waals surface area contributed by atoms with Gasteiger partial charge >= 0.3 is 0 Å². The standard InChI is InChI=1S/C15H23NO2/c1-3-6-16(7-8-17)11-14-10-13-9-12(2)4-5-15(13)18-14/h4-5,9,14,17H,3,6-8,10-11H2,1-2H3. The van der Waals surface area contributed by atoms with Crippen molar-refractivity contribution < 1.29 is 9.84 Å². The van der Waals surface area contributed by atoms with Crippen LogP contribution in [0.1, 0.15) is 24.5 Å². The minimum absolute atomic E-state index is 0.221. The van der Waals surface area contributed by atoms with E-state index in [1.807, 2.05) is 0 Å². The molecular weight excluding hydrogens is 226 g/mol. The molecule has 1 atom stereocenters. The predicted molar refractivity (Wildman–Crippen MR) is 73.1 cm³/mol. The number of aliphatic hydroxyl groups excluding tert-OH is 1. The van der Waals surface area contributed by atoms with Gasteiger partial charge in [0.15, 0.2) is 0 Å². The Morgan fingerprint density at radius 1 is 1.39 bits per heavy atom. The van der Waals surface area contributed by atoms with Gasteiger partial charge in [-0.3, -0.25) is 4.90 Å². The Bertz CT molecular complexity index is 386. The monoisotopic (exact) mass is 249 g/mol. The van der Waals surface area contributed by atoms with Crippen LogP contribution in [0, 0.1) is 6.92 Å². The van der Waals surface area contributed by atoms with Gasteiger partial charge < -0.3 is 9.84 Å². The number of hydrogen-bond acceptors (Lipinski definition) is 3. The molecule has 0 radical (unpaired) electrons. The van der Waals surface area contributed by atoms with E-state index < -0.39 is 0 Å². The van der Waals surface area contributed by atoms with E-state index in [-0.39, 0.29) is 12.7 Å². The Morgan fingerprint density at radius 2 is 2.22 bits per heavy atom. The molecule has 100 valence electrons. The topological polar surface area (TPSA) is 32.7 Å². The molecule has 0 bridgehead atoms. The van der Waals surface area contributed by atoms with Gasteiger partial charge in [-0.1, -0.05) is 24.6 Å². The van der Waals surface area contributed by atoms with Crippen molar-refractivity contribution in [2.75, 3.05) is 26.2 Å². The third-order valence-electron chi connectivity index (χ3n) is 3.38. The third-order valence-corrected chi connectivity index (χ3v) is 3.38. The van der Waals surface area contributed by atoms with Crippen molar-refractivity contribution in [3.63, 3.8) is 0 Å². The van der Waals surface area contributed by atoms with Crippen molar-refractivity contribution >= 4 is 0 Å². The summed E-state index contributed by atoms with van der Waals surface area (Å²) in [6.07, 6.45) is 2.33. The largest absolute Gasteiger partial charge is 0.488 e. The number of aliphatic hydroxyl groups is 1. The van der Waals surface area contributed by atoms with Gasteiger partial charge in [0, 0.05) is 19.5 Å². The zero-order valence-electron chi connectivity index (χ0n) is 11.4. The molecule has 0 spiro atoms. The molecule has 1 heterocycles. The lowest BCUT2D eigenvalue weighted by atomic mass is 10.1. The lowest BCUT2D eigenvalue weighted by Crippen LogP contribution is -2.37. The van der Waals surface area contributed by atoms with Gasteiger partial charge in [0.25, 0.3) is 0 Å². The summed E-state index contributed by atoms with van der Waals surface area (Å²) in [5.74, 6) is 1.03. The maximum absolute atomic E-state index is 9.06. The zero-order chi connectivity index (χ0) is 13.0. The second kappa shape index (κ2) is 6.21. The Labute approximate surface area is 109 Å². The molecule has 2 rings (SSSR count). The van der Waals surface area contributed by atoms with E-state index in [0.29, 0.717) is 0 Å². The first-order chi connectivity index (χ1) is 8.72. The van der Waals surface area contributed by atoms with Crippen molar-refractivity contribution in [2.45, 2.75) is 32.8 Å². The summed E-state index contributed by atoms with van der Waals surface area (Å²) in [6, 6.07) is 6.38. The maximum Gasteiger partial charge on any atom is 0.123 e. The van der Waals surface area contributed by atoms with Crippen molar-refractivity contribution in [2.24, 2.45) is 0 Å². The van der Waals surface area contributed by atoms with E-state index in [1.165, 1.54) is 11.1 Å². The van der Waals surface area contributed by atoms with E-state index >= 15 is 0 Å². The Balaban J connectivity index is 1.93. The van der Waals surface area contributed by atoms with Crippen LogP contribution in [0.2, 0.25) is 0 Å². The summed E-state index contributed by atoms with van der Waals surface area (Å²) in [7, 11) is 0. The van der Waals surface area contributed by atoms with Crippen LogP contribution in [0.5, 0.6) is 5.75 Å². The summed E-state index contributed by atoms with van der Waals surface area (Å²) in [6.45, 7) is 7.17. The predicted octanol–water partition coefficient (Wildman–Crippen LogP) is 2.00. The molecule has 0 fully saturated rings. The van der Waals surface area contributed by atoms with Crippen LogP contribution in [-0.4, -0.2) is 42.4 Å². The van der Waals surface area contributed by atoms with Gasteiger partial charge in [0.05, 0.1) is 6.61 Å². The van der Waals surface area contributed by atoms with Crippen LogP contribution in [0.3, 0.4) is 0 Å². The highest BCUT2D eigenvalue weighted by Crippen LogP contribution is 2.29. The average Bonchev–Trinajstić information content (AvgIpc) is 2.71. The van der Waals surface area contributed by atoms with Gasteiger partial charge in [0.1, 0.15) is 11.9 Å². The van der Waals surface area contributed by atoms with Gasteiger partial charge in [-0.15, -0.1) is 0 Å². The molecule has 1 aliphatic heterocycles. The average molecular weight is 249 g/mol. The Hall–Kier alpha value is -1.06. The third kappa shape index (κ3) is 3.24. The lowest BCUT2D eigenvalue weighted by Gasteiger charge is -2.23. The fraction of sp³-hybridized carbons (Fsp3) is 0.600. The summed E-state index contributed by atoms with van der Waals surface area (Å²) in [5.41, 5.74) is 2.61. The molecule has 1 unspecified atom stereocenters. The Kier molecular flexibility index (Phi) is 4.61. The lowest BCUT2D eigenvalue weighted by molar-refractivity contribution is 0.129. The van der Waals surface area contributed by atoms with Gasteiger partial charge in [0.2, 0.25) is 0 Å². The first kappa shape index (κ1) is 13.4. The highest BCUT2D eigenvalue weighted by Gasteiger charge is 2.24. The Morgan fingerprint density at radius 3 is 2.94 bits per heavy atom. The van der Waals surface area contributed by atoms with Crippen LogP contribution < -0.4 is 4.74 Å². The molecule has 3 nitrogen and oxygen atoms in total.